The summed E-state index contributed by atoms with van der Waals surface area (Å²) in [6.07, 6.45) is 7.56. The first-order valence-corrected chi connectivity index (χ1v) is 9.80. The summed E-state index contributed by atoms with van der Waals surface area (Å²) in [6, 6.07) is 2.83. The summed E-state index contributed by atoms with van der Waals surface area (Å²) in [6.45, 7) is 2.05. The minimum Gasteiger partial charge on any atom is -0.380 e. The number of halogens is 1. The van der Waals surface area contributed by atoms with E-state index in [2.05, 4.69) is 22.8 Å². The van der Waals surface area contributed by atoms with Crippen LogP contribution in [0.1, 0.15) is 45.4 Å². The topological polar surface area (TPSA) is 74.2 Å². The van der Waals surface area contributed by atoms with Gasteiger partial charge in [-0.05, 0) is 51.4 Å². The highest BCUT2D eigenvalue weighted by atomic mass is 35.5. The molecule has 0 bridgehead atoms. The van der Waals surface area contributed by atoms with E-state index in [1.807, 2.05) is 6.92 Å². The van der Waals surface area contributed by atoms with Crippen LogP contribution in [-0.4, -0.2) is 42.6 Å². The molecule has 2 N–H and O–H groups in total. The van der Waals surface area contributed by atoms with Crippen molar-refractivity contribution in [3.8, 4) is 6.07 Å². The Balaban J connectivity index is 1.63. The van der Waals surface area contributed by atoms with Gasteiger partial charge in [0.25, 0.3) is 0 Å². The van der Waals surface area contributed by atoms with Crippen molar-refractivity contribution in [1.29, 1.82) is 5.26 Å². The molecular weight excluding hydrogens is 338 g/mol. The van der Waals surface area contributed by atoms with Gasteiger partial charge in [-0.2, -0.15) is 5.26 Å². The normalized spacial score (nSPS) is 39.6. The zero-order chi connectivity index (χ0) is 18.0. The molecule has 0 spiro atoms. The quantitative estimate of drug-likeness (QED) is 0.751. The van der Waals surface area contributed by atoms with Gasteiger partial charge in [0.15, 0.2) is 0 Å². The molecule has 138 valence electrons. The van der Waals surface area contributed by atoms with Crippen molar-refractivity contribution in [2.24, 2.45) is 11.8 Å². The van der Waals surface area contributed by atoms with Crippen LogP contribution in [0.2, 0.25) is 0 Å². The van der Waals surface area contributed by atoms with Gasteiger partial charge in [0.2, 0.25) is 5.91 Å². The van der Waals surface area contributed by atoms with Crippen molar-refractivity contribution in [3.63, 3.8) is 0 Å². The molecule has 0 radical (unpaired) electrons. The number of amides is 1. The molecule has 6 unspecified atom stereocenters. The predicted octanol–water partition coefficient (Wildman–Crippen LogP) is 2.50. The van der Waals surface area contributed by atoms with Crippen LogP contribution in [0.4, 0.5) is 0 Å². The summed E-state index contributed by atoms with van der Waals surface area (Å²) < 4.78 is 5.48. The van der Waals surface area contributed by atoms with Crippen molar-refractivity contribution < 1.29 is 9.53 Å². The summed E-state index contributed by atoms with van der Waals surface area (Å²) in [5.74, 6) is 0.358. The maximum absolute atomic E-state index is 12.5. The maximum atomic E-state index is 12.5. The molecule has 2 saturated carbocycles. The van der Waals surface area contributed by atoms with E-state index in [0.717, 1.165) is 44.1 Å². The number of alkyl halides is 1. The van der Waals surface area contributed by atoms with Gasteiger partial charge in [-0.3, -0.25) is 4.79 Å². The summed E-state index contributed by atoms with van der Waals surface area (Å²) in [4.78, 5) is 12.5. The van der Waals surface area contributed by atoms with Crippen LogP contribution in [0, 0.1) is 23.2 Å². The number of methoxy groups -OCH3 is 1. The molecule has 0 aromatic heterocycles. The Kier molecular flexibility index (Phi) is 6.04. The van der Waals surface area contributed by atoms with Gasteiger partial charge in [0.05, 0.1) is 18.1 Å². The molecule has 5 nitrogen and oxygen atoms in total. The Morgan fingerprint density at radius 1 is 1.36 bits per heavy atom. The Hall–Kier alpha value is -1.09. The second kappa shape index (κ2) is 8.07. The fourth-order valence-electron chi connectivity index (χ4n) is 4.55. The van der Waals surface area contributed by atoms with E-state index in [4.69, 9.17) is 16.3 Å². The average molecular weight is 366 g/mol. The zero-order valence-electron chi connectivity index (χ0n) is 15.0. The lowest BCUT2D eigenvalue weighted by molar-refractivity contribution is -0.119. The molecule has 3 aliphatic rings. The van der Waals surface area contributed by atoms with Crippen molar-refractivity contribution in [2.45, 2.75) is 75.1 Å². The number of ether oxygens (including phenoxy) is 1. The summed E-state index contributed by atoms with van der Waals surface area (Å²) in [5.41, 5.74) is 0.823. The number of hydrogen-bond acceptors (Lipinski definition) is 4. The van der Waals surface area contributed by atoms with Gasteiger partial charge < -0.3 is 15.4 Å². The number of hydrogen-bond donors (Lipinski definition) is 2. The third-order valence-corrected chi connectivity index (χ3v) is 6.42. The number of nitrogens with one attached hydrogen (secondary N) is 2. The number of nitriles is 1. The number of nitrogens with zero attached hydrogens (tertiary/aromatic N) is 1. The molecule has 7 atom stereocenters. The van der Waals surface area contributed by atoms with Crippen LogP contribution in [0.15, 0.2) is 11.6 Å². The maximum Gasteiger partial charge on any atom is 0.248 e. The van der Waals surface area contributed by atoms with Gasteiger partial charge in [0.1, 0.15) is 0 Å². The first kappa shape index (κ1) is 18.7. The second-order valence-corrected chi connectivity index (χ2v) is 8.30. The molecule has 0 saturated heterocycles. The minimum atomic E-state index is -0.0302. The standard InChI is InChI=1S/C19H28ClN3O2/c1-11(22-15-5-3-12(10-21)18(9-15)25-2)16-8-13-7-14(20)4-6-17(13)23-19(16)24/h8,11-15,17-18,22H,3-7,9H2,1-2H3,(H,23,24)/t11-,12?,13?,14?,15?,17?,18?/m0/s1. The highest BCUT2D eigenvalue weighted by molar-refractivity contribution is 6.20. The molecular formula is C19H28ClN3O2. The minimum absolute atomic E-state index is 0.0159. The largest absolute Gasteiger partial charge is 0.380 e. The number of carbonyl (C=O) groups excluding carboxylic acids is 1. The monoisotopic (exact) mass is 365 g/mol. The van der Waals surface area contributed by atoms with Crippen LogP contribution in [0.3, 0.4) is 0 Å². The molecule has 2 aliphatic carbocycles. The molecule has 1 aliphatic heterocycles. The fraction of sp³-hybridized carbons (Fsp3) is 0.789. The zero-order valence-corrected chi connectivity index (χ0v) is 15.8. The third-order valence-electron chi connectivity index (χ3n) is 6.02. The Morgan fingerprint density at radius 3 is 2.88 bits per heavy atom. The molecule has 2 fully saturated rings. The van der Waals surface area contributed by atoms with E-state index in [1.165, 1.54) is 0 Å². The van der Waals surface area contributed by atoms with Crippen LogP contribution in [0.5, 0.6) is 0 Å². The predicted molar refractivity (Wildman–Crippen MR) is 97.1 cm³/mol. The van der Waals surface area contributed by atoms with Crippen molar-refractivity contribution >= 4 is 17.5 Å². The molecule has 1 amide bonds. The first-order valence-electron chi connectivity index (χ1n) is 9.37. The van der Waals surface area contributed by atoms with E-state index in [9.17, 15) is 10.1 Å². The van der Waals surface area contributed by atoms with Gasteiger partial charge in [-0.15, -0.1) is 11.6 Å². The second-order valence-electron chi connectivity index (χ2n) is 7.68. The molecule has 25 heavy (non-hydrogen) atoms. The average Bonchev–Trinajstić information content (AvgIpc) is 2.61. The summed E-state index contributed by atoms with van der Waals surface area (Å²) in [5, 5.41) is 16.2. The lowest BCUT2D eigenvalue weighted by Crippen LogP contribution is -2.52. The smallest absolute Gasteiger partial charge is 0.248 e. The first-order chi connectivity index (χ1) is 12.0. The van der Waals surface area contributed by atoms with Crippen LogP contribution in [0.25, 0.3) is 0 Å². The van der Waals surface area contributed by atoms with Crippen molar-refractivity contribution in [3.05, 3.63) is 11.6 Å². The molecule has 3 rings (SSSR count). The van der Waals surface area contributed by atoms with E-state index >= 15 is 0 Å². The molecule has 6 heteroatoms. The number of carbonyl (C=O) groups is 1. The van der Waals surface area contributed by atoms with E-state index in [1.54, 1.807) is 7.11 Å². The van der Waals surface area contributed by atoms with Crippen LogP contribution < -0.4 is 10.6 Å². The Morgan fingerprint density at radius 2 is 2.16 bits per heavy atom. The van der Waals surface area contributed by atoms with E-state index < -0.39 is 0 Å². The summed E-state index contributed by atoms with van der Waals surface area (Å²) >= 11 is 6.32. The third kappa shape index (κ3) is 4.19. The van der Waals surface area contributed by atoms with Crippen LogP contribution in [-0.2, 0) is 9.53 Å². The van der Waals surface area contributed by atoms with Gasteiger partial charge in [-0.1, -0.05) is 6.08 Å². The van der Waals surface area contributed by atoms with Gasteiger partial charge in [0, 0.05) is 36.2 Å². The Labute approximate surface area is 155 Å². The van der Waals surface area contributed by atoms with Crippen LogP contribution >= 0.6 is 11.6 Å². The Bertz CT molecular complexity index is 574. The SMILES string of the molecule is COC1CC(N[C@@H](C)C2=CC3CC(Cl)CCC3NC2=O)CCC1C#N. The highest BCUT2D eigenvalue weighted by Crippen LogP contribution is 2.33. The van der Waals surface area contributed by atoms with Crippen molar-refractivity contribution in [2.75, 3.05) is 7.11 Å². The molecule has 0 aromatic rings. The number of fused-ring (bicyclic) bond motifs is 1. The molecule has 1 heterocycles. The van der Waals surface area contributed by atoms with Gasteiger partial charge >= 0.3 is 0 Å². The molecule has 0 aromatic carbocycles. The summed E-state index contributed by atoms with van der Waals surface area (Å²) in [7, 11) is 1.67. The van der Waals surface area contributed by atoms with E-state index in [-0.39, 0.29) is 41.4 Å². The van der Waals surface area contributed by atoms with Gasteiger partial charge in [-0.25, -0.2) is 0 Å². The highest BCUT2D eigenvalue weighted by Gasteiger charge is 2.37. The fourth-order valence-corrected chi connectivity index (χ4v) is 4.88. The lowest BCUT2D eigenvalue weighted by atomic mass is 9.79. The number of rotatable bonds is 4. The van der Waals surface area contributed by atoms with E-state index in [0.29, 0.717) is 5.92 Å². The van der Waals surface area contributed by atoms with Crippen molar-refractivity contribution in [1.82, 2.24) is 10.6 Å². The lowest BCUT2D eigenvalue weighted by Gasteiger charge is -2.39.